The zero-order valence-corrected chi connectivity index (χ0v) is 12.8. The van der Waals surface area contributed by atoms with E-state index in [1.807, 2.05) is 29.2 Å². The lowest BCUT2D eigenvalue weighted by molar-refractivity contribution is 0.0653. The molecule has 116 valence electrons. The van der Waals surface area contributed by atoms with E-state index in [9.17, 15) is 4.79 Å². The van der Waals surface area contributed by atoms with Gasteiger partial charge in [-0.1, -0.05) is 13.0 Å². The van der Waals surface area contributed by atoms with E-state index in [1.54, 1.807) is 0 Å². The maximum absolute atomic E-state index is 12.6. The van der Waals surface area contributed by atoms with E-state index in [1.165, 1.54) is 0 Å². The number of ether oxygens (including phenoxy) is 1. The fourth-order valence-electron chi connectivity index (χ4n) is 2.79. The topological polar surface area (TPSA) is 49.8 Å². The lowest BCUT2D eigenvalue weighted by atomic mass is 9.94. The molecule has 1 unspecified atom stereocenters. The van der Waals surface area contributed by atoms with Crippen LogP contribution in [0.2, 0.25) is 0 Å². The Labute approximate surface area is 126 Å². The molecule has 0 spiro atoms. The Bertz CT molecular complexity index is 459. The minimum Gasteiger partial charge on any atom is -0.494 e. The molecule has 1 saturated heterocycles. The molecule has 1 heterocycles. The molecule has 4 nitrogen and oxygen atoms in total. The van der Waals surface area contributed by atoms with Crippen LogP contribution in [0.5, 0.6) is 5.75 Å². The molecule has 1 atom stereocenters. The van der Waals surface area contributed by atoms with Gasteiger partial charge in [0.2, 0.25) is 0 Å². The van der Waals surface area contributed by atoms with Crippen molar-refractivity contribution in [3.05, 3.63) is 29.8 Å². The van der Waals surface area contributed by atoms with Gasteiger partial charge in [0.05, 0.1) is 6.61 Å². The fourth-order valence-corrected chi connectivity index (χ4v) is 2.79. The van der Waals surface area contributed by atoms with Crippen molar-refractivity contribution in [2.75, 3.05) is 26.3 Å². The summed E-state index contributed by atoms with van der Waals surface area (Å²) in [4.78, 5) is 14.5. The van der Waals surface area contributed by atoms with Gasteiger partial charge in [-0.3, -0.25) is 4.79 Å². The molecule has 0 radical (unpaired) electrons. The maximum atomic E-state index is 12.6. The normalized spacial score (nSPS) is 18.6. The average Bonchev–Trinajstić information content (AvgIpc) is 2.53. The predicted molar refractivity (Wildman–Crippen MR) is 82.6 cm³/mol. The van der Waals surface area contributed by atoms with Gasteiger partial charge >= 0.3 is 0 Å². The molecule has 1 amide bonds. The third-order valence-corrected chi connectivity index (χ3v) is 3.90. The van der Waals surface area contributed by atoms with Gasteiger partial charge in [-0.2, -0.15) is 0 Å². The number of hydrogen-bond acceptors (Lipinski definition) is 3. The Balaban J connectivity index is 2.01. The van der Waals surface area contributed by atoms with Crippen LogP contribution in [0.4, 0.5) is 0 Å². The highest BCUT2D eigenvalue weighted by atomic mass is 16.5. The highest BCUT2D eigenvalue weighted by molar-refractivity contribution is 5.94. The standard InChI is InChI=1S/C17H25NO3/c1-2-11-21-16-7-3-6-15(12-16)17(20)18-9-4-5-14(13-18)8-10-19/h3,6-7,12,14,19H,2,4-5,8-11,13H2,1H3. The Morgan fingerprint density at radius 1 is 1.48 bits per heavy atom. The Morgan fingerprint density at radius 3 is 3.10 bits per heavy atom. The second-order valence-corrected chi connectivity index (χ2v) is 5.65. The number of hydrogen-bond donors (Lipinski definition) is 1. The molecule has 1 aliphatic heterocycles. The third-order valence-electron chi connectivity index (χ3n) is 3.90. The number of carbonyl (C=O) groups is 1. The molecule has 0 aliphatic carbocycles. The first kappa shape index (κ1) is 15.8. The molecule has 0 saturated carbocycles. The van der Waals surface area contributed by atoms with E-state index in [0.717, 1.165) is 44.5 Å². The molecule has 21 heavy (non-hydrogen) atoms. The van der Waals surface area contributed by atoms with Gasteiger partial charge in [-0.05, 0) is 49.8 Å². The minimum atomic E-state index is 0.0691. The van der Waals surface area contributed by atoms with Crippen LogP contribution in [0, 0.1) is 5.92 Å². The van der Waals surface area contributed by atoms with Crippen LogP contribution >= 0.6 is 0 Å². The summed E-state index contributed by atoms with van der Waals surface area (Å²) in [5.74, 6) is 1.25. The van der Waals surface area contributed by atoms with Gasteiger partial charge in [0.25, 0.3) is 5.91 Å². The van der Waals surface area contributed by atoms with E-state index in [2.05, 4.69) is 6.92 Å². The van der Waals surface area contributed by atoms with Gasteiger partial charge in [0, 0.05) is 25.3 Å². The van der Waals surface area contributed by atoms with Gasteiger partial charge in [-0.15, -0.1) is 0 Å². The van der Waals surface area contributed by atoms with Crippen LogP contribution in [0.15, 0.2) is 24.3 Å². The summed E-state index contributed by atoms with van der Waals surface area (Å²) in [6, 6.07) is 7.43. The number of likely N-dealkylation sites (tertiary alicyclic amines) is 1. The van der Waals surface area contributed by atoms with E-state index in [0.29, 0.717) is 18.1 Å². The second-order valence-electron chi connectivity index (χ2n) is 5.65. The number of benzene rings is 1. The first-order valence-electron chi connectivity index (χ1n) is 7.87. The lowest BCUT2D eigenvalue weighted by Crippen LogP contribution is -2.40. The molecular formula is C17H25NO3. The van der Waals surface area contributed by atoms with Crippen LogP contribution in [0.1, 0.15) is 43.0 Å². The van der Waals surface area contributed by atoms with Crippen molar-refractivity contribution in [2.24, 2.45) is 5.92 Å². The number of nitrogens with zero attached hydrogens (tertiary/aromatic N) is 1. The molecule has 0 bridgehead atoms. The highest BCUT2D eigenvalue weighted by Gasteiger charge is 2.24. The Kier molecular flexibility index (Phi) is 6.05. The van der Waals surface area contributed by atoms with Gasteiger partial charge in [0.1, 0.15) is 5.75 Å². The average molecular weight is 291 g/mol. The van der Waals surface area contributed by atoms with Crippen molar-refractivity contribution < 1.29 is 14.6 Å². The van der Waals surface area contributed by atoms with E-state index in [-0.39, 0.29) is 12.5 Å². The largest absolute Gasteiger partial charge is 0.494 e. The highest BCUT2D eigenvalue weighted by Crippen LogP contribution is 2.22. The summed E-state index contributed by atoms with van der Waals surface area (Å²) < 4.78 is 5.59. The summed E-state index contributed by atoms with van der Waals surface area (Å²) in [7, 11) is 0. The molecule has 1 aromatic rings. The maximum Gasteiger partial charge on any atom is 0.253 e. The zero-order chi connectivity index (χ0) is 15.1. The first-order chi connectivity index (χ1) is 10.2. The molecular weight excluding hydrogens is 266 g/mol. The number of aliphatic hydroxyl groups excluding tert-OH is 1. The molecule has 1 N–H and O–H groups in total. The Morgan fingerprint density at radius 2 is 2.33 bits per heavy atom. The number of rotatable bonds is 6. The number of carbonyl (C=O) groups excluding carboxylic acids is 1. The van der Waals surface area contributed by atoms with E-state index < -0.39 is 0 Å². The van der Waals surface area contributed by atoms with Crippen molar-refractivity contribution in [1.82, 2.24) is 4.90 Å². The number of amides is 1. The second kappa shape index (κ2) is 8.03. The molecule has 1 aromatic carbocycles. The van der Waals surface area contributed by atoms with Crippen LogP contribution < -0.4 is 4.74 Å². The van der Waals surface area contributed by atoms with Crippen LogP contribution in [0.25, 0.3) is 0 Å². The zero-order valence-electron chi connectivity index (χ0n) is 12.8. The van der Waals surface area contributed by atoms with Crippen LogP contribution in [-0.4, -0.2) is 42.2 Å². The van der Waals surface area contributed by atoms with Crippen molar-refractivity contribution in [2.45, 2.75) is 32.6 Å². The number of aliphatic hydroxyl groups is 1. The first-order valence-corrected chi connectivity index (χ1v) is 7.87. The summed E-state index contributed by atoms with van der Waals surface area (Å²) in [5, 5.41) is 9.06. The molecule has 1 fully saturated rings. The molecule has 0 aromatic heterocycles. The predicted octanol–water partition coefficient (Wildman–Crippen LogP) is 2.71. The van der Waals surface area contributed by atoms with Crippen molar-refractivity contribution in [1.29, 1.82) is 0 Å². The van der Waals surface area contributed by atoms with Crippen LogP contribution in [0.3, 0.4) is 0 Å². The Hall–Kier alpha value is -1.55. The van der Waals surface area contributed by atoms with Crippen LogP contribution in [-0.2, 0) is 0 Å². The quantitative estimate of drug-likeness (QED) is 0.876. The summed E-state index contributed by atoms with van der Waals surface area (Å²) >= 11 is 0. The fraction of sp³-hybridized carbons (Fsp3) is 0.588. The van der Waals surface area contributed by atoms with Gasteiger partial charge in [0.15, 0.2) is 0 Å². The summed E-state index contributed by atoms with van der Waals surface area (Å²) in [6.45, 7) is 4.48. The third kappa shape index (κ3) is 4.46. The smallest absolute Gasteiger partial charge is 0.253 e. The molecule has 2 rings (SSSR count). The van der Waals surface area contributed by atoms with Crippen molar-refractivity contribution >= 4 is 5.91 Å². The lowest BCUT2D eigenvalue weighted by Gasteiger charge is -2.32. The van der Waals surface area contributed by atoms with Gasteiger partial charge < -0.3 is 14.7 Å². The van der Waals surface area contributed by atoms with E-state index in [4.69, 9.17) is 9.84 Å². The van der Waals surface area contributed by atoms with Crippen molar-refractivity contribution in [3.8, 4) is 5.75 Å². The van der Waals surface area contributed by atoms with E-state index >= 15 is 0 Å². The summed E-state index contributed by atoms with van der Waals surface area (Å²) in [6.07, 6.45) is 3.85. The van der Waals surface area contributed by atoms with Gasteiger partial charge in [-0.25, -0.2) is 0 Å². The SMILES string of the molecule is CCCOc1cccc(C(=O)N2CCCC(CCO)C2)c1. The minimum absolute atomic E-state index is 0.0691. The molecule has 4 heteroatoms. The molecule has 1 aliphatic rings. The number of piperidine rings is 1. The van der Waals surface area contributed by atoms with Crippen molar-refractivity contribution in [3.63, 3.8) is 0 Å². The monoisotopic (exact) mass is 291 g/mol. The summed E-state index contributed by atoms with van der Waals surface area (Å²) in [5.41, 5.74) is 0.688.